The third kappa shape index (κ3) is 1.32. The molecule has 4 heteroatoms. The van der Waals surface area contributed by atoms with Crippen LogP contribution in [0.1, 0.15) is 16.1 Å². The quantitative estimate of drug-likeness (QED) is 0.850. The van der Waals surface area contributed by atoms with Gasteiger partial charge in [-0.2, -0.15) is 0 Å². The Hall–Kier alpha value is -1.29. The largest absolute Gasteiger partial charge is 0.451 e. The van der Waals surface area contributed by atoms with Crippen LogP contribution in [0.2, 0.25) is 0 Å². The van der Waals surface area contributed by atoms with Gasteiger partial charge in [0.05, 0.1) is 0 Å². The molecule has 2 N–H and O–H groups in total. The number of nitrogens with two attached hydrogens (primary N) is 1. The SMILES string of the molecule is Cc1c(C(N)=O)oc2cc(Br)ccc12. The summed E-state index contributed by atoms with van der Waals surface area (Å²) in [6, 6.07) is 5.61. The summed E-state index contributed by atoms with van der Waals surface area (Å²) >= 11 is 3.33. The molecule has 0 aliphatic heterocycles. The third-order valence-electron chi connectivity index (χ3n) is 2.12. The van der Waals surface area contributed by atoms with Crippen molar-refractivity contribution in [1.82, 2.24) is 0 Å². The lowest BCUT2D eigenvalue weighted by Gasteiger charge is -1.89. The van der Waals surface area contributed by atoms with Crippen LogP contribution in [0.4, 0.5) is 0 Å². The topological polar surface area (TPSA) is 56.2 Å². The molecule has 0 spiro atoms. The van der Waals surface area contributed by atoms with Gasteiger partial charge in [-0.15, -0.1) is 0 Å². The van der Waals surface area contributed by atoms with Crippen molar-refractivity contribution >= 4 is 32.8 Å². The van der Waals surface area contributed by atoms with Crippen molar-refractivity contribution in [3.05, 3.63) is 34.0 Å². The Labute approximate surface area is 89.0 Å². The molecule has 3 nitrogen and oxygen atoms in total. The minimum Gasteiger partial charge on any atom is -0.451 e. The summed E-state index contributed by atoms with van der Waals surface area (Å²) in [7, 11) is 0. The number of amides is 1. The summed E-state index contributed by atoms with van der Waals surface area (Å²) in [5.74, 6) is -0.298. The zero-order valence-electron chi connectivity index (χ0n) is 7.50. The van der Waals surface area contributed by atoms with E-state index in [1.807, 2.05) is 25.1 Å². The maximum Gasteiger partial charge on any atom is 0.284 e. The van der Waals surface area contributed by atoms with E-state index in [1.54, 1.807) is 0 Å². The van der Waals surface area contributed by atoms with E-state index in [-0.39, 0.29) is 5.76 Å². The van der Waals surface area contributed by atoms with Gasteiger partial charge in [-0.3, -0.25) is 4.79 Å². The van der Waals surface area contributed by atoms with E-state index in [9.17, 15) is 4.79 Å². The number of primary amides is 1. The van der Waals surface area contributed by atoms with Gasteiger partial charge in [-0.25, -0.2) is 0 Å². The summed E-state index contributed by atoms with van der Waals surface area (Å²) < 4.78 is 6.25. The first-order valence-electron chi connectivity index (χ1n) is 4.08. The van der Waals surface area contributed by atoms with Gasteiger partial charge in [0.2, 0.25) is 0 Å². The monoisotopic (exact) mass is 253 g/mol. The van der Waals surface area contributed by atoms with Crippen molar-refractivity contribution in [3.63, 3.8) is 0 Å². The van der Waals surface area contributed by atoms with Crippen LogP contribution in [-0.2, 0) is 0 Å². The Morgan fingerprint density at radius 2 is 2.21 bits per heavy atom. The van der Waals surface area contributed by atoms with Gasteiger partial charge >= 0.3 is 0 Å². The van der Waals surface area contributed by atoms with Gasteiger partial charge in [0.1, 0.15) is 5.58 Å². The summed E-state index contributed by atoms with van der Waals surface area (Å²) in [6.45, 7) is 1.82. The Morgan fingerprint density at radius 3 is 2.86 bits per heavy atom. The zero-order chi connectivity index (χ0) is 10.3. The molecule has 0 unspecified atom stereocenters. The molecule has 0 atom stereocenters. The lowest BCUT2D eigenvalue weighted by atomic mass is 10.1. The molecule has 2 aromatic rings. The van der Waals surface area contributed by atoms with Crippen LogP contribution in [0.3, 0.4) is 0 Å². The van der Waals surface area contributed by atoms with Gasteiger partial charge in [0, 0.05) is 15.4 Å². The van der Waals surface area contributed by atoms with Crippen molar-refractivity contribution in [2.75, 3.05) is 0 Å². The second-order valence-corrected chi connectivity index (χ2v) is 3.98. The first-order chi connectivity index (χ1) is 6.59. The van der Waals surface area contributed by atoms with Gasteiger partial charge < -0.3 is 10.2 Å². The standard InChI is InChI=1S/C10H8BrNO2/c1-5-7-3-2-6(11)4-8(7)14-9(5)10(12)13/h2-4H,1H3,(H2,12,13). The molecule has 0 saturated carbocycles. The molecule has 0 bridgehead atoms. The zero-order valence-corrected chi connectivity index (χ0v) is 9.09. The minimum absolute atomic E-state index is 0.234. The second-order valence-electron chi connectivity index (χ2n) is 3.06. The second kappa shape index (κ2) is 3.13. The Kier molecular flexibility index (Phi) is 2.07. The molecule has 72 valence electrons. The number of furan rings is 1. The molecule has 1 amide bonds. The number of fused-ring (bicyclic) bond motifs is 1. The number of aryl methyl sites for hydroxylation is 1. The number of halogens is 1. The van der Waals surface area contributed by atoms with Crippen molar-refractivity contribution in [2.24, 2.45) is 5.73 Å². The lowest BCUT2D eigenvalue weighted by Crippen LogP contribution is -2.10. The molecule has 1 heterocycles. The molecule has 0 radical (unpaired) electrons. The Balaban J connectivity index is 2.79. The maximum absolute atomic E-state index is 11.0. The normalized spacial score (nSPS) is 10.7. The summed E-state index contributed by atoms with van der Waals surface area (Å²) in [5, 5.41) is 0.919. The average molecular weight is 254 g/mol. The number of carbonyl (C=O) groups is 1. The molecule has 0 aliphatic rings. The Morgan fingerprint density at radius 1 is 1.50 bits per heavy atom. The highest BCUT2D eigenvalue weighted by Gasteiger charge is 2.14. The van der Waals surface area contributed by atoms with E-state index in [0.29, 0.717) is 5.58 Å². The fourth-order valence-corrected chi connectivity index (χ4v) is 1.77. The van der Waals surface area contributed by atoms with Gasteiger partial charge in [-0.05, 0) is 25.1 Å². The molecule has 14 heavy (non-hydrogen) atoms. The maximum atomic E-state index is 11.0. The first kappa shape index (κ1) is 9.27. The van der Waals surface area contributed by atoms with E-state index < -0.39 is 5.91 Å². The van der Waals surface area contributed by atoms with Crippen LogP contribution in [0, 0.1) is 6.92 Å². The molecule has 0 saturated heterocycles. The number of hydrogen-bond donors (Lipinski definition) is 1. The summed E-state index contributed by atoms with van der Waals surface area (Å²) in [6.07, 6.45) is 0. The van der Waals surface area contributed by atoms with Crippen LogP contribution in [0.25, 0.3) is 11.0 Å². The molecular formula is C10H8BrNO2. The van der Waals surface area contributed by atoms with Crippen LogP contribution >= 0.6 is 15.9 Å². The van der Waals surface area contributed by atoms with Crippen LogP contribution in [0.5, 0.6) is 0 Å². The fourth-order valence-electron chi connectivity index (χ4n) is 1.43. The molecular weight excluding hydrogens is 246 g/mol. The molecule has 1 aromatic carbocycles. The highest BCUT2D eigenvalue weighted by atomic mass is 79.9. The highest BCUT2D eigenvalue weighted by molar-refractivity contribution is 9.10. The number of rotatable bonds is 1. The molecule has 2 rings (SSSR count). The predicted molar refractivity (Wildman–Crippen MR) is 57.2 cm³/mol. The van der Waals surface area contributed by atoms with Gasteiger partial charge in [0.25, 0.3) is 5.91 Å². The van der Waals surface area contributed by atoms with Crippen LogP contribution in [0.15, 0.2) is 27.1 Å². The van der Waals surface area contributed by atoms with Crippen molar-refractivity contribution in [2.45, 2.75) is 6.92 Å². The minimum atomic E-state index is -0.533. The predicted octanol–water partition coefficient (Wildman–Crippen LogP) is 2.60. The van der Waals surface area contributed by atoms with Crippen molar-refractivity contribution in [3.8, 4) is 0 Å². The molecule has 1 aromatic heterocycles. The number of benzene rings is 1. The average Bonchev–Trinajstić information content (AvgIpc) is 2.43. The first-order valence-corrected chi connectivity index (χ1v) is 4.87. The van der Waals surface area contributed by atoms with Gasteiger partial charge in [-0.1, -0.05) is 15.9 Å². The van der Waals surface area contributed by atoms with Crippen molar-refractivity contribution < 1.29 is 9.21 Å². The summed E-state index contributed by atoms with van der Waals surface area (Å²) in [5.41, 5.74) is 6.64. The number of hydrogen-bond acceptors (Lipinski definition) is 2. The van der Waals surface area contributed by atoms with Crippen molar-refractivity contribution in [1.29, 1.82) is 0 Å². The van der Waals surface area contributed by atoms with E-state index in [2.05, 4.69) is 15.9 Å². The van der Waals surface area contributed by atoms with Crippen LogP contribution in [-0.4, -0.2) is 5.91 Å². The fraction of sp³-hybridized carbons (Fsp3) is 0.100. The van der Waals surface area contributed by atoms with E-state index in [1.165, 1.54) is 0 Å². The number of carbonyl (C=O) groups excluding carboxylic acids is 1. The van der Waals surface area contributed by atoms with Gasteiger partial charge in [0.15, 0.2) is 5.76 Å². The molecule has 0 fully saturated rings. The van der Waals surface area contributed by atoms with E-state index in [0.717, 1.165) is 15.4 Å². The lowest BCUT2D eigenvalue weighted by molar-refractivity contribution is 0.0975. The van der Waals surface area contributed by atoms with E-state index >= 15 is 0 Å². The Bertz CT molecular complexity index is 516. The highest BCUT2D eigenvalue weighted by Crippen LogP contribution is 2.27. The smallest absolute Gasteiger partial charge is 0.284 e. The van der Waals surface area contributed by atoms with E-state index in [4.69, 9.17) is 10.2 Å². The third-order valence-corrected chi connectivity index (χ3v) is 2.62. The molecule has 0 aliphatic carbocycles. The summed E-state index contributed by atoms with van der Waals surface area (Å²) in [4.78, 5) is 11.0. The van der Waals surface area contributed by atoms with Crippen LogP contribution < -0.4 is 5.73 Å².